The SMILES string of the molecule is CNS(=O)(=O)N1CCCCC1C1CCCC1=O. The van der Waals surface area contributed by atoms with Crippen LogP contribution in [0.3, 0.4) is 0 Å². The molecule has 6 heteroatoms. The van der Waals surface area contributed by atoms with E-state index in [1.54, 1.807) is 0 Å². The summed E-state index contributed by atoms with van der Waals surface area (Å²) in [5.74, 6) is 0.173. The summed E-state index contributed by atoms with van der Waals surface area (Å²) in [6, 6.07) is -0.115. The van der Waals surface area contributed by atoms with E-state index in [9.17, 15) is 13.2 Å². The van der Waals surface area contributed by atoms with E-state index in [4.69, 9.17) is 0 Å². The maximum absolute atomic E-state index is 11.9. The van der Waals surface area contributed by atoms with Crippen molar-refractivity contribution in [1.82, 2.24) is 9.03 Å². The molecule has 98 valence electrons. The topological polar surface area (TPSA) is 66.5 Å². The Labute approximate surface area is 103 Å². The molecule has 17 heavy (non-hydrogen) atoms. The van der Waals surface area contributed by atoms with Crippen LogP contribution in [0.1, 0.15) is 38.5 Å². The highest BCUT2D eigenvalue weighted by atomic mass is 32.2. The molecule has 2 rings (SSSR count). The van der Waals surface area contributed by atoms with E-state index in [1.807, 2.05) is 0 Å². The fraction of sp³-hybridized carbons (Fsp3) is 0.909. The molecule has 2 aliphatic rings. The van der Waals surface area contributed by atoms with Gasteiger partial charge in [-0.2, -0.15) is 12.7 Å². The third-order valence-electron chi connectivity index (χ3n) is 3.88. The van der Waals surface area contributed by atoms with Crippen molar-refractivity contribution in [2.24, 2.45) is 5.92 Å². The van der Waals surface area contributed by atoms with Crippen LogP contribution in [0.2, 0.25) is 0 Å². The second-order valence-corrected chi connectivity index (χ2v) is 6.68. The van der Waals surface area contributed by atoms with Crippen molar-refractivity contribution in [3.8, 4) is 0 Å². The summed E-state index contributed by atoms with van der Waals surface area (Å²) in [4.78, 5) is 11.8. The molecule has 1 saturated heterocycles. The molecule has 2 unspecified atom stereocenters. The standard InChI is InChI=1S/C11H20N2O3S/c1-12-17(15,16)13-8-3-2-6-10(13)9-5-4-7-11(9)14/h9-10,12H,2-8H2,1H3. The van der Waals surface area contributed by atoms with Gasteiger partial charge in [0.1, 0.15) is 5.78 Å². The lowest BCUT2D eigenvalue weighted by molar-refractivity contribution is -0.122. The van der Waals surface area contributed by atoms with Crippen molar-refractivity contribution in [1.29, 1.82) is 0 Å². The fourth-order valence-corrected chi connectivity index (χ4v) is 4.21. The molecule has 1 N–H and O–H groups in total. The molecule has 2 atom stereocenters. The van der Waals surface area contributed by atoms with Crippen LogP contribution in [0.15, 0.2) is 0 Å². The second-order valence-electron chi connectivity index (χ2n) is 4.85. The molecule has 0 aromatic rings. The minimum Gasteiger partial charge on any atom is -0.299 e. The predicted octanol–water partition coefficient (Wildman–Crippen LogP) is 0.674. The second kappa shape index (κ2) is 5.04. The average molecular weight is 260 g/mol. The van der Waals surface area contributed by atoms with Gasteiger partial charge in [-0.1, -0.05) is 6.42 Å². The van der Waals surface area contributed by atoms with Crippen molar-refractivity contribution < 1.29 is 13.2 Å². The summed E-state index contributed by atoms with van der Waals surface area (Å²) in [6.45, 7) is 0.539. The smallest absolute Gasteiger partial charge is 0.279 e. The highest BCUT2D eigenvalue weighted by molar-refractivity contribution is 7.87. The average Bonchev–Trinajstić information content (AvgIpc) is 2.75. The van der Waals surface area contributed by atoms with Crippen LogP contribution >= 0.6 is 0 Å². The molecule has 1 saturated carbocycles. The highest BCUT2D eigenvalue weighted by Gasteiger charge is 2.40. The molecule has 0 bridgehead atoms. The Balaban J connectivity index is 2.20. The summed E-state index contributed by atoms with van der Waals surface area (Å²) in [7, 11) is -1.97. The Morgan fingerprint density at radius 2 is 2.00 bits per heavy atom. The first kappa shape index (κ1) is 13.0. The maximum Gasteiger partial charge on any atom is 0.279 e. The number of carbonyl (C=O) groups excluding carboxylic acids is 1. The van der Waals surface area contributed by atoms with Crippen LogP contribution in [0.4, 0.5) is 0 Å². The van der Waals surface area contributed by atoms with Crippen molar-refractivity contribution in [3.05, 3.63) is 0 Å². The minimum atomic E-state index is -3.40. The van der Waals surface area contributed by atoms with E-state index < -0.39 is 10.2 Å². The van der Waals surface area contributed by atoms with Crippen LogP contribution < -0.4 is 4.72 Å². The normalized spacial score (nSPS) is 31.9. The molecule has 0 spiro atoms. The van der Waals surface area contributed by atoms with Gasteiger partial charge in [-0.3, -0.25) is 4.79 Å². The van der Waals surface area contributed by atoms with Gasteiger partial charge in [-0.15, -0.1) is 0 Å². The van der Waals surface area contributed by atoms with Crippen LogP contribution in [0, 0.1) is 5.92 Å². The number of nitrogens with zero attached hydrogens (tertiary/aromatic N) is 1. The summed E-state index contributed by atoms with van der Waals surface area (Å²) in [6.07, 6.45) is 5.10. The fourth-order valence-electron chi connectivity index (χ4n) is 3.00. The number of ketones is 1. The highest BCUT2D eigenvalue weighted by Crippen LogP contribution is 2.33. The zero-order chi connectivity index (χ0) is 12.5. The van der Waals surface area contributed by atoms with Crippen molar-refractivity contribution in [3.63, 3.8) is 0 Å². The lowest BCUT2D eigenvalue weighted by atomic mass is 9.90. The molecule has 0 amide bonds. The van der Waals surface area contributed by atoms with Crippen molar-refractivity contribution in [2.75, 3.05) is 13.6 Å². The van der Waals surface area contributed by atoms with E-state index >= 15 is 0 Å². The Hall–Kier alpha value is -0.460. The molecule has 0 aromatic heterocycles. The molecule has 0 aromatic carbocycles. The van der Waals surface area contributed by atoms with Gasteiger partial charge in [-0.25, -0.2) is 4.72 Å². The number of hydrogen-bond donors (Lipinski definition) is 1. The van der Waals surface area contributed by atoms with E-state index in [0.717, 1.165) is 32.1 Å². The number of Topliss-reactive ketones (excluding diaryl/α,β-unsaturated/α-hetero) is 1. The largest absolute Gasteiger partial charge is 0.299 e. The molecule has 1 heterocycles. The number of carbonyl (C=O) groups is 1. The molecule has 1 aliphatic carbocycles. The number of nitrogens with one attached hydrogen (secondary N) is 1. The predicted molar refractivity (Wildman–Crippen MR) is 64.7 cm³/mol. The van der Waals surface area contributed by atoms with E-state index in [1.165, 1.54) is 11.4 Å². The quantitative estimate of drug-likeness (QED) is 0.811. The maximum atomic E-state index is 11.9. The number of piperidine rings is 1. The van der Waals surface area contributed by atoms with Gasteiger partial charge in [0.15, 0.2) is 0 Å². The van der Waals surface area contributed by atoms with Gasteiger partial charge in [0.05, 0.1) is 0 Å². The molecular weight excluding hydrogens is 240 g/mol. The third-order valence-corrected chi connectivity index (χ3v) is 5.47. The Bertz CT molecular complexity index is 394. The monoisotopic (exact) mass is 260 g/mol. The van der Waals surface area contributed by atoms with Gasteiger partial charge >= 0.3 is 0 Å². The van der Waals surface area contributed by atoms with Crippen molar-refractivity contribution in [2.45, 2.75) is 44.6 Å². The van der Waals surface area contributed by atoms with E-state index in [0.29, 0.717) is 13.0 Å². The molecule has 5 nitrogen and oxygen atoms in total. The van der Waals surface area contributed by atoms with Gasteiger partial charge in [0.2, 0.25) is 0 Å². The van der Waals surface area contributed by atoms with Gasteiger partial charge in [0.25, 0.3) is 10.2 Å². The zero-order valence-electron chi connectivity index (χ0n) is 10.2. The minimum absolute atomic E-state index is 0.0709. The Kier molecular flexibility index (Phi) is 3.85. The Morgan fingerprint density at radius 1 is 1.24 bits per heavy atom. The van der Waals surface area contributed by atoms with Gasteiger partial charge < -0.3 is 0 Å². The summed E-state index contributed by atoms with van der Waals surface area (Å²) in [5.41, 5.74) is 0. The van der Waals surface area contributed by atoms with E-state index in [2.05, 4.69) is 4.72 Å². The first-order chi connectivity index (χ1) is 8.06. The summed E-state index contributed by atoms with van der Waals surface area (Å²) < 4.78 is 27.7. The van der Waals surface area contributed by atoms with Crippen LogP contribution in [0.5, 0.6) is 0 Å². The first-order valence-corrected chi connectivity index (χ1v) is 7.73. The first-order valence-electron chi connectivity index (χ1n) is 6.29. The molecule has 1 aliphatic heterocycles. The molecule has 0 radical (unpaired) electrons. The van der Waals surface area contributed by atoms with Crippen LogP contribution in [-0.4, -0.2) is 38.1 Å². The number of rotatable bonds is 3. The lowest BCUT2D eigenvalue weighted by Gasteiger charge is -2.37. The van der Waals surface area contributed by atoms with Crippen molar-refractivity contribution >= 4 is 16.0 Å². The summed E-state index contributed by atoms with van der Waals surface area (Å²) >= 11 is 0. The molecule has 2 fully saturated rings. The third kappa shape index (κ3) is 2.53. The molecular formula is C11H20N2O3S. The summed E-state index contributed by atoms with van der Waals surface area (Å²) in [5, 5.41) is 0. The number of hydrogen-bond acceptors (Lipinski definition) is 3. The van der Waals surface area contributed by atoms with Crippen LogP contribution in [0.25, 0.3) is 0 Å². The van der Waals surface area contributed by atoms with E-state index in [-0.39, 0.29) is 17.7 Å². The van der Waals surface area contributed by atoms with Gasteiger partial charge in [0, 0.05) is 32.0 Å². The lowest BCUT2D eigenvalue weighted by Crippen LogP contribution is -2.51. The van der Waals surface area contributed by atoms with Crippen LogP contribution in [-0.2, 0) is 15.0 Å². The Morgan fingerprint density at radius 3 is 2.59 bits per heavy atom. The van der Waals surface area contributed by atoms with Gasteiger partial charge in [-0.05, 0) is 25.7 Å². The zero-order valence-corrected chi connectivity index (χ0v) is 11.0.